The molecule has 0 saturated carbocycles. The van der Waals surface area contributed by atoms with Crippen LogP contribution in [0.3, 0.4) is 0 Å². The maximum atomic E-state index is 12.2. The number of hydrogen-bond acceptors (Lipinski definition) is 7. The molecule has 7 nitrogen and oxygen atoms in total. The quantitative estimate of drug-likeness (QED) is 0.147. The Bertz CT molecular complexity index is 747. The summed E-state index contributed by atoms with van der Waals surface area (Å²) in [7, 11) is 0. The predicted molar refractivity (Wildman–Crippen MR) is 136 cm³/mol. The molecule has 0 aliphatic rings. The lowest BCUT2D eigenvalue weighted by Crippen LogP contribution is -2.18. The van der Waals surface area contributed by atoms with E-state index in [0.29, 0.717) is 24.7 Å². The molecule has 0 unspecified atom stereocenters. The summed E-state index contributed by atoms with van der Waals surface area (Å²) in [5.74, 6) is 0.201. The van der Waals surface area contributed by atoms with Gasteiger partial charge >= 0.3 is 11.9 Å². The summed E-state index contributed by atoms with van der Waals surface area (Å²) >= 11 is 0. The Morgan fingerprint density at radius 1 is 0.794 bits per heavy atom. The highest BCUT2D eigenvalue weighted by Crippen LogP contribution is 2.31. The number of esters is 2. The molecule has 0 aliphatic heterocycles. The molecular formula is C27H43NO6. The van der Waals surface area contributed by atoms with Crippen molar-refractivity contribution >= 4 is 17.6 Å². The second kappa shape index (κ2) is 18.7. The van der Waals surface area contributed by atoms with E-state index in [1.54, 1.807) is 13.8 Å². The Kier molecular flexibility index (Phi) is 16.1. The minimum atomic E-state index is -0.577. The van der Waals surface area contributed by atoms with Gasteiger partial charge in [0.25, 0.3) is 0 Å². The zero-order valence-electron chi connectivity index (χ0n) is 21.5. The third-order valence-electron chi connectivity index (χ3n) is 5.10. The van der Waals surface area contributed by atoms with E-state index in [-0.39, 0.29) is 25.3 Å². The smallest absolute Gasteiger partial charge is 0.336 e. The van der Waals surface area contributed by atoms with E-state index < -0.39 is 11.9 Å². The van der Waals surface area contributed by atoms with Crippen LogP contribution < -0.4 is 14.8 Å². The van der Waals surface area contributed by atoms with Crippen LogP contribution in [-0.2, 0) is 19.1 Å². The molecule has 34 heavy (non-hydrogen) atoms. The van der Waals surface area contributed by atoms with E-state index in [1.807, 2.05) is 25.1 Å². The summed E-state index contributed by atoms with van der Waals surface area (Å²) < 4.78 is 21.7. The van der Waals surface area contributed by atoms with Crippen molar-refractivity contribution < 1.29 is 28.5 Å². The molecule has 0 fully saturated rings. The van der Waals surface area contributed by atoms with Gasteiger partial charge < -0.3 is 24.3 Å². The highest BCUT2D eigenvalue weighted by molar-refractivity contribution is 5.97. The van der Waals surface area contributed by atoms with Crippen molar-refractivity contribution in [3.05, 3.63) is 29.8 Å². The predicted octanol–water partition coefficient (Wildman–Crippen LogP) is 6.07. The van der Waals surface area contributed by atoms with Crippen LogP contribution in [-0.4, -0.2) is 44.9 Å². The lowest BCUT2D eigenvalue weighted by molar-refractivity contribution is -0.140. The Labute approximate surface area is 205 Å². The van der Waals surface area contributed by atoms with Crippen LogP contribution in [0.4, 0.5) is 5.69 Å². The monoisotopic (exact) mass is 477 g/mol. The van der Waals surface area contributed by atoms with Gasteiger partial charge in [0.15, 0.2) is 11.5 Å². The van der Waals surface area contributed by atoms with Gasteiger partial charge in [-0.05, 0) is 39.3 Å². The van der Waals surface area contributed by atoms with Gasteiger partial charge in [0.05, 0.1) is 32.0 Å². The first-order valence-corrected chi connectivity index (χ1v) is 12.7. The van der Waals surface area contributed by atoms with Gasteiger partial charge in [-0.3, -0.25) is 0 Å². The maximum Gasteiger partial charge on any atom is 0.336 e. The average Bonchev–Trinajstić information content (AvgIpc) is 2.82. The third-order valence-corrected chi connectivity index (χ3v) is 5.10. The van der Waals surface area contributed by atoms with Gasteiger partial charge in [0.1, 0.15) is 0 Å². The Balaban J connectivity index is 2.64. The first kappa shape index (κ1) is 29.3. The molecule has 0 atom stereocenters. The number of hydrogen-bond donors (Lipinski definition) is 1. The number of carbonyl (C=O) groups excluding carboxylic acids is 2. The molecule has 1 rings (SSSR count). The second-order valence-electron chi connectivity index (χ2n) is 7.91. The Hall–Kier alpha value is -2.70. The van der Waals surface area contributed by atoms with Gasteiger partial charge in [-0.1, -0.05) is 51.9 Å². The van der Waals surface area contributed by atoms with Crippen LogP contribution >= 0.6 is 0 Å². The number of nitrogens with one attached hydrogen (secondary N) is 1. The molecule has 1 aromatic rings. The van der Waals surface area contributed by atoms with Crippen molar-refractivity contribution in [3.63, 3.8) is 0 Å². The van der Waals surface area contributed by atoms with Crippen molar-refractivity contribution in [2.75, 3.05) is 38.3 Å². The van der Waals surface area contributed by atoms with Crippen LogP contribution in [0.25, 0.3) is 0 Å². The topological polar surface area (TPSA) is 83.1 Å². The lowest BCUT2D eigenvalue weighted by Gasteiger charge is -2.15. The third kappa shape index (κ3) is 12.5. The minimum Gasteiger partial charge on any atom is -0.490 e. The van der Waals surface area contributed by atoms with E-state index in [4.69, 9.17) is 18.9 Å². The number of ether oxygens (including phenoxy) is 4. The second-order valence-corrected chi connectivity index (χ2v) is 7.91. The number of unbranched alkanes of at least 4 members (excludes halogenated alkanes) is 7. The van der Waals surface area contributed by atoms with Gasteiger partial charge in [0, 0.05) is 24.4 Å². The van der Waals surface area contributed by atoms with Gasteiger partial charge in [0.2, 0.25) is 0 Å². The first-order valence-electron chi connectivity index (χ1n) is 12.7. The molecule has 1 N–H and O–H groups in total. The molecule has 0 radical (unpaired) electrons. The van der Waals surface area contributed by atoms with E-state index in [9.17, 15) is 9.59 Å². The van der Waals surface area contributed by atoms with E-state index in [1.165, 1.54) is 51.0 Å². The summed E-state index contributed by atoms with van der Waals surface area (Å²) in [5.41, 5.74) is 0.926. The Morgan fingerprint density at radius 2 is 1.47 bits per heavy atom. The fourth-order valence-electron chi connectivity index (χ4n) is 3.35. The zero-order valence-corrected chi connectivity index (χ0v) is 21.5. The van der Waals surface area contributed by atoms with Crippen molar-refractivity contribution in [2.45, 2.75) is 79.1 Å². The zero-order chi connectivity index (χ0) is 25.0. The van der Waals surface area contributed by atoms with E-state index in [0.717, 1.165) is 12.1 Å². The molecule has 0 aromatic heterocycles. The standard InChI is InChI=1S/C27H43NO6/c1-5-9-10-11-12-13-14-15-18-34-24-17-16-23(20-25(24)31-6-2)28-21-22(27(30)33-8-4)19-26(29)32-7-3/h16-17,19-20,28H,5-15,18,21H2,1-4H3/b22-19-. The molecule has 0 saturated heterocycles. The summed E-state index contributed by atoms with van der Waals surface area (Å²) in [6.07, 6.45) is 11.2. The largest absolute Gasteiger partial charge is 0.490 e. The summed E-state index contributed by atoms with van der Waals surface area (Å²) in [4.78, 5) is 24.0. The molecule has 0 heterocycles. The summed E-state index contributed by atoms with van der Waals surface area (Å²) in [5, 5.41) is 3.15. The SMILES string of the molecule is CCCCCCCCCCOc1ccc(NC/C(=C/C(=O)OCC)C(=O)OCC)cc1OCC. The fraction of sp³-hybridized carbons (Fsp3) is 0.630. The van der Waals surface area contributed by atoms with Gasteiger partial charge in [-0.15, -0.1) is 0 Å². The van der Waals surface area contributed by atoms with Crippen LogP contribution in [0.2, 0.25) is 0 Å². The highest BCUT2D eigenvalue weighted by atomic mass is 16.5. The minimum absolute atomic E-state index is 0.113. The Morgan fingerprint density at radius 3 is 2.12 bits per heavy atom. The molecule has 0 bridgehead atoms. The van der Waals surface area contributed by atoms with Crippen LogP contribution in [0.5, 0.6) is 11.5 Å². The highest BCUT2D eigenvalue weighted by Gasteiger charge is 2.14. The molecule has 0 amide bonds. The van der Waals surface area contributed by atoms with Gasteiger partial charge in [-0.25, -0.2) is 9.59 Å². The molecule has 1 aromatic carbocycles. The summed E-state index contributed by atoms with van der Waals surface area (Å²) in [6.45, 7) is 9.31. The number of rotatable bonds is 19. The molecular weight excluding hydrogens is 434 g/mol. The summed E-state index contributed by atoms with van der Waals surface area (Å²) in [6, 6.07) is 5.55. The number of anilines is 1. The maximum absolute atomic E-state index is 12.2. The van der Waals surface area contributed by atoms with E-state index in [2.05, 4.69) is 12.2 Å². The van der Waals surface area contributed by atoms with Crippen LogP contribution in [0, 0.1) is 0 Å². The van der Waals surface area contributed by atoms with Crippen molar-refractivity contribution in [3.8, 4) is 11.5 Å². The van der Waals surface area contributed by atoms with Crippen LogP contribution in [0.1, 0.15) is 79.1 Å². The van der Waals surface area contributed by atoms with Gasteiger partial charge in [-0.2, -0.15) is 0 Å². The average molecular weight is 478 g/mol. The van der Waals surface area contributed by atoms with Crippen molar-refractivity contribution in [1.82, 2.24) is 0 Å². The molecule has 0 spiro atoms. The number of carbonyl (C=O) groups is 2. The normalized spacial score (nSPS) is 11.1. The molecule has 0 aliphatic carbocycles. The van der Waals surface area contributed by atoms with E-state index >= 15 is 0 Å². The van der Waals surface area contributed by atoms with Crippen molar-refractivity contribution in [2.24, 2.45) is 0 Å². The first-order chi connectivity index (χ1) is 16.5. The fourth-order valence-corrected chi connectivity index (χ4v) is 3.35. The van der Waals surface area contributed by atoms with Crippen molar-refractivity contribution in [1.29, 1.82) is 0 Å². The molecule has 7 heteroatoms. The number of benzene rings is 1. The van der Waals surface area contributed by atoms with Crippen LogP contribution in [0.15, 0.2) is 29.8 Å². The molecule has 192 valence electrons. The lowest BCUT2D eigenvalue weighted by atomic mass is 10.1.